The predicted octanol–water partition coefficient (Wildman–Crippen LogP) is 2.18. The summed E-state index contributed by atoms with van der Waals surface area (Å²) in [6.45, 7) is 0. The topological polar surface area (TPSA) is 81.9 Å². The first-order chi connectivity index (χ1) is 12.2. The van der Waals surface area contributed by atoms with Crippen molar-refractivity contribution in [1.29, 1.82) is 0 Å². The fourth-order valence-corrected chi connectivity index (χ4v) is 3.03. The number of amides is 1. The number of hydrogen-bond donors (Lipinski definition) is 1. The van der Waals surface area contributed by atoms with Gasteiger partial charge in [0.25, 0.3) is 0 Å². The first kappa shape index (κ1) is 17.0. The van der Waals surface area contributed by atoms with Crippen molar-refractivity contribution in [2.75, 3.05) is 19.9 Å². The van der Waals surface area contributed by atoms with Crippen LogP contribution in [0.4, 0.5) is 0 Å². The van der Waals surface area contributed by atoms with Gasteiger partial charge in [0.15, 0.2) is 11.0 Å². The van der Waals surface area contributed by atoms with Crippen LogP contribution in [-0.4, -0.2) is 45.6 Å². The molecule has 0 unspecified atom stereocenters. The number of carbonyl (C=O) groups excluding carboxylic acids is 1. The van der Waals surface area contributed by atoms with Gasteiger partial charge in [0.1, 0.15) is 11.4 Å². The molecular formula is C17H17N5O2S. The van der Waals surface area contributed by atoms with Crippen molar-refractivity contribution in [3.8, 4) is 23.0 Å². The highest BCUT2D eigenvalue weighted by Gasteiger charge is 2.18. The van der Waals surface area contributed by atoms with E-state index in [1.807, 2.05) is 47.0 Å². The predicted molar refractivity (Wildman–Crippen MR) is 95.9 cm³/mol. The number of ether oxygens (including phenoxy) is 1. The number of carbonyl (C=O) groups is 1. The molecule has 0 bridgehead atoms. The molecule has 25 heavy (non-hydrogen) atoms. The van der Waals surface area contributed by atoms with Gasteiger partial charge in [-0.2, -0.15) is 0 Å². The Balaban J connectivity index is 2.07. The van der Waals surface area contributed by atoms with Crippen molar-refractivity contribution in [3.63, 3.8) is 0 Å². The molecular weight excluding hydrogens is 338 g/mol. The van der Waals surface area contributed by atoms with E-state index in [0.29, 0.717) is 16.7 Å². The van der Waals surface area contributed by atoms with Crippen LogP contribution in [0.1, 0.15) is 0 Å². The third-order valence-corrected chi connectivity index (χ3v) is 4.38. The Bertz CT molecular complexity index is 866. The first-order valence-corrected chi connectivity index (χ1v) is 8.56. The summed E-state index contributed by atoms with van der Waals surface area (Å²) in [5, 5.41) is 11.7. The van der Waals surface area contributed by atoms with Crippen molar-refractivity contribution in [2.45, 2.75) is 5.16 Å². The molecule has 1 N–H and O–H groups in total. The van der Waals surface area contributed by atoms with Crippen LogP contribution in [0.3, 0.4) is 0 Å². The molecule has 0 saturated heterocycles. The standard InChI is InChI=1S/C17H17N5O2S/c1-18-15(23)11-25-17-21-20-16(14-8-3-4-9-19-14)22(17)12-6-5-7-13(10-12)24-2/h3-10H,11H2,1-2H3,(H,18,23). The molecule has 128 valence electrons. The Morgan fingerprint density at radius 2 is 2.12 bits per heavy atom. The fourth-order valence-electron chi connectivity index (χ4n) is 2.21. The van der Waals surface area contributed by atoms with Crippen molar-refractivity contribution in [3.05, 3.63) is 48.7 Å². The SMILES string of the molecule is CNC(=O)CSc1nnc(-c2ccccn2)n1-c1cccc(OC)c1. The third kappa shape index (κ3) is 3.80. The smallest absolute Gasteiger partial charge is 0.230 e. The second-order valence-electron chi connectivity index (χ2n) is 5.02. The second kappa shape index (κ2) is 7.80. The van der Waals surface area contributed by atoms with Crippen molar-refractivity contribution in [2.24, 2.45) is 0 Å². The molecule has 0 saturated carbocycles. The molecule has 3 rings (SSSR count). The maximum absolute atomic E-state index is 11.6. The number of rotatable bonds is 6. The average molecular weight is 355 g/mol. The fraction of sp³-hybridized carbons (Fsp3) is 0.176. The van der Waals surface area contributed by atoms with E-state index in [0.717, 1.165) is 11.4 Å². The third-order valence-electron chi connectivity index (χ3n) is 3.45. The molecule has 0 fully saturated rings. The van der Waals surface area contributed by atoms with Gasteiger partial charge in [-0.1, -0.05) is 23.9 Å². The van der Waals surface area contributed by atoms with Gasteiger partial charge in [0.05, 0.1) is 18.6 Å². The maximum atomic E-state index is 11.6. The lowest BCUT2D eigenvalue weighted by Crippen LogP contribution is -2.20. The lowest BCUT2D eigenvalue weighted by molar-refractivity contribution is -0.118. The molecule has 7 nitrogen and oxygen atoms in total. The van der Waals surface area contributed by atoms with E-state index < -0.39 is 0 Å². The Morgan fingerprint density at radius 3 is 2.84 bits per heavy atom. The molecule has 0 radical (unpaired) electrons. The zero-order valence-corrected chi connectivity index (χ0v) is 14.7. The Labute approximate surface area is 149 Å². The Morgan fingerprint density at radius 1 is 1.24 bits per heavy atom. The molecule has 1 aromatic carbocycles. The minimum atomic E-state index is -0.0791. The summed E-state index contributed by atoms with van der Waals surface area (Å²) >= 11 is 1.31. The summed E-state index contributed by atoms with van der Waals surface area (Å²) in [6.07, 6.45) is 1.71. The van der Waals surface area contributed by atoms with E-state index in [1.165, 1.54) is 11.8 Å². The number of methoxy groups -OCH3 is 1. The number of benzene rings is 1. The molecule has 1 amide bonds. The van der Waals surface area contributed by atoms with Crippen LogP contribution in [0.25, 0.3) is 17.2 Å². The highest BCUT2D eigenvalue weighted by molar-refractivity contribution is 7.99. The highest BCUT2D eigenvalue weighted by Crippen LogP contribution is 2.28. The van der Waals surface area contributed by atoms with Gasteiger partial charge < -0.3 is 10.1 Å². The normalized spacial score (nSPS) is 10.5. The maximum Gasteiger partial charge on any atom is 0.230 e. The molecule has 8 heteroatoms. The molecule has 0 atom stereocenters. The zero-order valence-electron chi connectivity index (χ0n) is 13.8. The van der Waals surface area contributed by atoms with Gasteiger partial charge in [0.2, 0.25) is 5.91 Å². The summed E-state index contributed by atoms with van der Waals surface area (Å²) in [4.78, 5) is 15.9. The van der Waals surface area contributed by atoms with Crippen LogP contribution in [0.2, 0.25) is 0 Å². The van der Waals surface area contributed by atoms with E-state index in [-0.39, 0.29) is 11.7 Å². The minimum Gasteiger partial charge on any atom is -0.497 e. The number of thioether (sulfide) groups is 1. The van der Waals surface area contributed by atoms with E-state index in [4.69, 9.17) is 4.74 Å². The van der Waals surface area contributed by atoms with Crippen LogP contribution in [0.5, 0.6) is 5.75 Å². The summed E-state index contributed by atoms with van der Waals surface area (Å²) in [5.41, 5.74) is 1.54. The van der Waals surface area contributed by atoms with Crippen molar-refractivity contribution in [1.82, 2.24) is 25.1 Å². The quantitative estimate of drug-likeness (QED) is 0.683. The largest absolute Gasteiger partial charge is 0.497 e. The van der Waals surface area contributed by atoms with Gasteiger partial charge in [0, 0.05) is 19.3 Å². The van der Waals surface area contributed by atoms with Crippen molar-refractivity contribution < 1.29 is 9.53 Å². The number of nitrogens with zero attached hydrogens (tertiary/aromatic N) is 4. The minimum absolute atomic E-state index is 0.0791. The van der Waals surface area contributed by atoms with E-state index in [1.54, 1.807) is 20.4 Å². The van der Waals surface area contributed by atoms with E-state index in [2.05, 4.69) is 20.5 Å². The second-order valence-corrected chi connectivity index (χ2v) is 5.96. The average Bonchev–Trinajstić information content (AvgIpc) is 3.10. The Kier molecular flexibility index (Phi) is 5.30. The lowest BCUT2D eigenvalue weighted by Gasteiger charge is -2.11. The van der Waals surface area contributed by atoms with E-state index in [9.17, 15) is 4.79 Å². The molecule has 0 aliphatic carbocycles. The zero-order chi connectivity index (χ0) is 17.6. The molecule has 0 aliphatic heterocycles. The van der Waals surface area contributed by atoms with Gasteiger partial charge in [-0.25, -0.2) is 0 Å². The summed E-state index contributed by atoms with van der Waals surface area (Å²) in [7, 11) is 3.22. The van der Waals surface area contributed by atoms with Crippen LogP contribution >= 0.6 is 11.8 Å². The van der Waals surface area contributed by atoms with Gasteiger partial charge in [-0.3, -0.25) is 14.3 Å². The molecule has 2 heterocycles. The number of aromatic nitrogens is 4. The van der Waals surface area contributed by atoms with Crippen LogP contribution in [0.15, 0.2) is 53.8 Å². The van der Waals surface area contributed by atoms with Crippen LogP contribution in [0, 0.1) is 0 Å². The monoisotopic (exact) mass is 355 g/mol. The molecule has 0 aliphatic rings. The summed E-state index contributed by atoms with van der Waals surface area (Å²) in [6, 6.07) is 13.2. The molecule has 0 spiro atoms. The van der Waals surface area contributed by atoms with Gasteiger partial charge >= 0.3 is 0 Å². The van der Waals surface area contributed by atoms with E-state index >= 15 is 0 Å². The highest BCUT2D eigenvalue weighted by atomic mass is 32.2. The van der Waals surface area contributed by atoms with Crippen LogP contribution in [-0.2, 0) is 4.79 Å². The Hall–Kier alpha value is -2.87. The lowest BCUT2D eigenvalue weighted by atomic mass is 10.2. The number of nitrogens with one attached hydrogen (secondary N) is 1. The van der Waals surface area contributed by atoms with Gasteiger partial charge in [-0.15, -0.1) is 10.2 Å². The molecule has 3 aromatic rings. The van der Waals surface area contributed by atoms with Crippen molar-refractivity contribution >= 4 is 17.7 Å². The van der Waals surface area contributed by atoms with Crippen LogP contribution < -0.4 is 10.1 Å². The van der Waals surface area contributed by atoms with Gasteiger partial charge in [-0.05, 0) is 24.3 Å². The first-order valence-electron chi connectivity index (χ1n) is 7.57. The summed E-state index contributed by atoms with van der Waals surface area (Å²) < 4.78 is 7.19. The molecule has 2 aromatic heterocycles. The number of hydrogen-bond acceptors (Lipinski definition) is 6. The number of pyridine rings is 1. The summed E-state index contributed by atoms with van der Waals surface area (Å²) in [5.74, 6) is 1.50.